The van der Waals surface area contributed by atoms with Crippen molar-refractivity contribution in [2.24, 2.45) is 0 Å². The summed E-state index contributed by atoms with van der Waals surface area (Å²) >= 11 is 0. The number of ether oxygens (including phenoxy) is 1. The third kappa shape index (κ3) is 2.69. The lowest BCUT2D eigenvalue weighted by Gasteiger charge is -2.12. The van der Waals surface area contributed by atoms with Crippen molar-refractivity contribution in [2.75, 3.05) is 7.11 Å². The van der Waals surface area contributed by atoms with Gasteiger partial charge in [0, 0.05) is 0 Å². The highest BCUT2D eigenvalue weighted by Gasteiger charge is 2.18. The van der Waals surface area contributed by atoms with E-state index in [-0.39, 0.29) is 11.9 Å². The van der Waals surface area contributed by atoms with E-state index in [4.69, 9.17) is 11.3 Å². The molecular formula is C13H15O2. The van der Waals surface area contributed by atoms with Crippen LogP contribution in [-0.2, 0) is 9.53 Å². The van der Waals surface area contributed by atoms with E-state index >= 15 is 0 Å². The van der Waals surface area contributed by atoms with Gasteiger partial charge in [-0.15, -0.1) is 0 Å². The molecule has 0 saturated carbocycles. The molecule has 0 spiro atoms. The summed E-state index contributed by atoms with van der Waals surface area (Å²) in [6.45, 7) is 7.34. The fraction of sp³-hybridized carbons (Fsp3) is 0.308. The molecule has 1 unspecified atom stereocenters. The van der Waals surface area contributed by atoms with Crippen LogP contribution in [-0.4, -0.2) is 13.1 Å². The Morgan fingerprint density at radius 3 is 2.47 bits per heavy atom. The summed E-state index contributed by atoms with van der Waals surface area (Å²) in [6, 6.07) is 7.59. The highest BCUT2D eigenvalue weighted by molar-refractivity contribution is 5.78. The molecule has 1 radical (unpaired) electrons. The maximum Gasteiger partial charge on any atom is 0.313 e. The van der Waals surface area contributed by atoms with Crippen LogP contribution in [0.2, 0.25) is 0 Å². The first-order chi connectivity index (χ1) is 7.22. The predicted octanol–water partition coefficient (Wildman–Crippen LogP) is 2.80. The number of esters is 1. The zero-order chi connectivity index (χ0) is 11.3. The maximum absolute atomic E-state index is 11.4. The fourth-order valence-electron chi connectivity index (χ4n) is 1.52. The molecule has 2 heteroatoms. The maximum atomic E-state index is 11.4. The highest BCUT2D eigenvalue weighted by atomic mass is 16.5. The molecule has 0 aliphatic heterocycles. The van der Waals surface area contributed by atoms with E-state index in [9.17, 15) is 4.79 Å². The lowest BCUT2D eigenvalue weighted by atomic mass is 9.96. The Kier molecular flexibility index (Phi) is 4.10. The van der Waals surface area contributed by atoms with Crippen molar-refractivity contribution >= 4 is 12.0 Å². The van der Waals surface area contributed by atoms with Crippen molar-refractivity contribution in [1.82, 2.24) is 0 Å². The number of rotatable bonds is 4. The lowest BCUT2D eigenvalue weighted by molar-refractivity contribution is -0.142. The number of carbonyl (C=O) groups is 1. The minimum atomic E-state index is -0.193. The van der Waals surface area contributed by atoms with Crippen LogP contribution < -0.4 is 0 Å². The van der Waals surface area contributed by atoms with Gasteiger partial charge in [0.2, 0.25) is 0 Å². The Morgan fingerprint density at radius 1 is 1.47 bits per heavy atom. The molecule has 15 heavy (non-hydrogen) atoms. The van der Waals surface area contributed by atoms with E-state index in [1.807, 2.05) is 31.2 Å². The number of methoxy groups -OCH3 is 1. The van der Waals surface area contributed by atoms with Crippen LogP contribution in [0.25, 0.3) is 6.08 Å². The van der Waals surface area contributed by atoms with E-state index in [0.717, 1.165) is 17.5 Å². The van der Waals surface area contributed by atoms with Crippen LogP contribution in [0.4, 0.5) is 0 Å². The summed E-state index contributed by atoms with van der Waals surface area (Å²) in [5, 5.41) is 0. The minimum Gasteiger partial charge on any atom is -0.469 e. The van der Waals surface area contributed by atoms with Crippen LogP contribution in [0.5, 0.6) is 0 Å². The monoisotopic (exact) mass is 203 g/mol. The molecule has 0 heterocycles. The van der Waals surface area contributed by atoms with Crippen molar-refractivity contribution in [3.8, 4) is 0 Å². The normalized spacial score (nSPS) is 11.9. The lowest BCUT2D eigenvalue weighted by Crippen LogP contribution is -2.13. The van der Waals surface area contributed by atoms with E-state index in [0.29, 0.717) is 0 Å². The van der Waals surface area contributed by atoms with Crippen molar-refractivity contribution in [2.45, 2.75) is 19.3 Å². The van der Waals surface area contributed by atoms with Crippen LogP contribution >= 0.6 is 0 Å². The first kappa shape index (κ1) is 11.5. The zero-order valence-corrected chi connectivity index (χ0v) is 9.07. The molecule has 1 aromatic carbocycles. The van der Waals surface area contributed by atoms with Crippen LogP contribution in [0.15, 0.2) is 24.3 Å². The Bertz CT molecular complexity index is 338. The van der Waals surface area contributed by atoms with Gasteiger partial charge in [0.05, 0.1) is 13.0 Å². The summed E-state index contributed by atoms with van der Waals surface area (Å²) in [4.78, 5) is 11.4. The van der Waals surface area contributed by atoms with Crippen molar-refractivity contribution in [1.29, 1.82) is 0 Å². The minimum absolute atomic E-state index is 0.179. The second kappa shape index (κ2) is 5.35. The van der Waals surface area contributed by atoms with E-state index in [1.165, 1.54) is 13.2 Å². The Balaban J connectivity index is 2.92. The molecule has 2 nitrogen and oxygen atoms in total. The van der Waals surface area contributed by atoms with Gasteiger partial charge in [-0.1, -0.05) is 43.8 Å². The first-order valence-electron chi connectivity index (χ1n) is 4.95. The Labute approximate surface area is 90.6 Å². The zero-order valence-electron chi connectivity index (χ0n) is 9.07. The van der Waals surface area contributed by atoms with E-state index in [1.54, 1.807) is 0 Å². The molecular weight excluding hydrogens is 188 g/mol. The van der Waals surface area contributed by atoms with Gasteiger partial charge in [0.1, 0.15) is 0 Å². The predicted molar refractivity (Wildman–Crippen MR) is 60.3 cm³/mol. The van der Waals surface area contributed by atoms with Crippen LogP contribution in [0, 0.1) is 6.58 Å². The molecule has 79 valence electrons. The first-order valence-corrected chi connectivity index (χ1v) is 4.95. The van der Waals surface area contributed by atoms with Gasteiger partial charge in [-0.3, -0.25) is 4.79 Å². The summed E-state index contributed by atoms with van der Waals surface area (Å²) in [5.41, 5.74) is 1.91. The number of hydrogen-bond donors (Lipinski definition) is 0. The molecule has 0 saturated heterocycles. The van der Waals surface area contributed by atoms with Gasteiger partial charge >= 0.3 is 5.97 Å². The summed E-state index contributed by atoms with van der Waals surface area (Å²) in [5.74, 6) is -0.371. The van der Waals surface area contributed by atoms with Gasteiger partial charge in [-0.05, 0) is 17.5 Å². The molecule has 1 atom stereocenters. The number of carbonyl (C=O) groups excluding carboxylic acids is 1. The molecule has 0 fully saturated rings. The van der Waals surface area contributed by atoms with Crippen molar-refractivity contribution < 1.29 is 9.53 Å². The van der Waals surface area contributed by atoms with Crippen molar-refractivity contribution in [3.63, 3.8) is 0 Å². The molecule has 0 aliphatic rings. The van der Waals surface area contributed by atoms with E-state index < -0.39 is 0 Å². The summed E-state index contributed by atoms with van der Waals surface area (Å²) in [6.07, 6.45) is 2.27. The molecule has 0 aromatic heterocycles. The van der Waals surface area contributed by atoms with Crippen LogP contribution in [0.3, 0.4) is 0 Å². The average Bonchev–Trinajstić information content (AvgIpc) is 2.30. The topological polar surface area (TPSA) is 26.3 Å². The number of benzene rings is 1. The second-order valence-corrected chi connectivity index (χ2v) is 3.32. The summed E-state index contributed by atoms with van der Waals surface area (Å²) in [7, 11) is 1.41. The van der Waals surface area contributed by atoms with Crippen molar-refractivity contribution in [3.05, 3.63) is 42.0 Å². The third-order valence-corrected chi connectivity index (χ3v) is 2.43. The van der Waals surface area contributed by atoms with Gasteiger partial charge in [-0.25, -0.2) is 0 Å². The average molecular weight is 203 g/mol. The van der Waals surface area contributed by atoms with E-state index in [2.05, 4.69) is 0 Å². The quantitative estimate of drug-likeness (QED) is 0.703. The van der Waals surface area contributed by atoms with Gasteiger partial charge in [-0.2, -0.15) is 0 Å². The van der Waals surface area contributed by atoms with Gasteiger partial charge in [0.15, 0.2) is 0 Å². The molecule has 0 bridgehead atoms. The number of hydrogen-bond acceptors (Lipinski definition) is 2. The van der Waals surface area contributed by atoms with Gasteiger partial charge < -0.3 is 4.74 Å². The Hall–Kier alpha value is -1.57. The molecule has 0 N–H and O–H groups in total. The molecule has 1 rings (SSSR count). The highest BCUT2D eigenvalue weighted by Crippen LogP contribution is 2.21. The molecule has 1 aromatic rings. The smallest absolute Gasteiger partial charge is 0.313 e. The molecule has 0 aliphatic carbocycles. The molecule has 0 amide bonds. The van der Waals surface area contributed by atoms with Gasteiger partial charge in [0.25, 0.3) is 0 Å². The fourth-order valence-corrected chi connectivity index (χ4v) is 1.52. The SMILES string of the molecule is [CH]=Cc1ccc(C(CC)C(=O)OC)cc1. The second-order valence-electron chi connectivity index (χ2n) is 3.32. The third-order valence-electron chi connectivity index (χ3n) is 2.43. The Morgan fingerprint density at radius 2 is 2.07 bits per heavy atom. The summed E-state index contributed by atoms with van der Waals surface area (Å²) < 4.78 is 4.74. The largest absolute Gasteiger partial charge is 0.469 e. The standard InChI is InChI=1S/C13H15O2/c1-4-10-6-8-11(9-7-10)12(5-2)13(14)15-3/h1,4,6-9,12H,5H2,2-3H3. The van der Waals surface area contributed by atoms with Crippen LogP contribution in [0.1, 0.15) is 30.4 Å².